The first-order chi connectivity index (χ1) is 9.86. The molecule has 0 amide bonds. The molecule has 2 N–H and O–H groups in total. The molecule has 6 nitrogen and oxygen atoms in total. The van der Waals surface area contributed by atoms with Gasteiger partial charge in [0.15, 0.2) is 5.82 Å². The highest BCUT2D eigenvalue weighted by atomic mass is 16.5. The smallest absolute Gasteiger partial charge is 0.158 e. The van der Waals surface area contributed by atoms with Crippen LogP contribution in [-0.4, -0.2) is 55.7 Å². The molecule has 0 saturated heterocycles. The number of anilines is 2. The predicted molar refractivity (Wildman–Crippen MR) is 87.7 cm³/mol. The van der Waals surface area contributed by atoms with Crippen LogP contribution in [0.5, 0.6) is 0 Å². The normalized spacial score (nSPS) is 11.8. The summed E-state index contributed by atoms with van der Waals surface area (Å²) in [5.41, 5.74) is 0.161. The highest BCUT2D eigenvalue weighted by Gasteiger charge is 2.19. The lowest BCUT2D eigenvalue weighted by Gasteiger charge is -2.28. The number of ether oxygens (including phenoxy) is 1. The van der Waals surface area contributed by atoms with E-state index in [2.05, 4.69) is 53.4 Å². The van der Waals surface area contributed by atoms with Crippen LogP contribution in [0.25, 0.3) is 0 Å². The Morgan fingerprint density at radius 1 is 1.19 bits per heavy atom. The predicted octanol–water partition coefficient (Wildman–Crippen LogP) is 2.05. The molecule has 1 rings (SSSR count). The molecule has 0 unspecified atom stereocenters. The molecule has 21 heavy (non-hydrogen) atoms. The zero-order chi connectivity index (χ0) is 15.9. The maximum absolute atomic E-state index is 5.13. The van der Waals surface area contributed by atoms with Crippen molar-refractivity contribution in [2.75, 3.05) is 51.5 Å². The molecule has 0 atom stereocenters. The summed E-state index contributed by atoms with van der Waals surface area (Å²) in [6, 6.07) is 1.94. The molecule has 6 heteroatoms. The molecule has 1 aromatic heterocycles. The summed E-state index contributed by atoms with van der Waals surface area (Å²) < 4.78 is 5.13. The van der Waals surface area contributed by atoms with Crippen molar-refractivity contribution < 1.29 is 4.74 Å². The third-order valence-corrected chi connectivity index (χ3v) is 2.90. The summed E-state index contributed by atoms with van der Waals surface area (Å²) in [5, 5.41) is 6.64. The number of rotatable bonds is 9. The van der Waals surface area contributed by atoms with Crippen LogP contribution >= 0.6 is 0 Å². The molecular weight excluding hydrogens is 266 g/mol. The fourth-order valence-corrected chi connectivity index (χ4v) is 2.29. The third kappa shape index (κ3) is 6.73. The Kier molecular flexibility index (Phi) is 6.84. The van der Waals surface area contributed by atoms with Gasteiger partial charge in [-0.3, -0.25) is 0 Å². The molecule has 1 aromatic rings. The van der Waals surface area contributed by atoms with Gasteiger partial charge < -0.3 is 20.3 Å². The van der Waals surface area contributed by atoms with Crippen molar-refractivity contribution in [3.8, 4) is 0 Å². The highest BCUT2D eigenvalue weighted by molar-refractivity contribution is 5.47. The molecule has 0 fully saturated rings. The fraction of sp³-hybridized carbons (Fsp3) is 0.733. The first-order valence-corrected chi connectivity index (χ1v) is 7.35. The fourth-order valence-electron chi connectivity index (χ4n) is 2.29. The number of hydrogen-bond donors (Lipinski definition) is 2. The van der Waals surface area contributed by atoms with Crippen molar-refractivity contribution in [1.82, 2.24) is 14.9 Å². The van der Waals surface area contributed by atoms with Gasteiger partial charge in [0, 0.05) is 32.8 Å². The van der Waals surface area contributed by atoms with Crippen LogP contribution in [0.3, 0.4) is 0 Å². The maximum atomic E-state index is 5.13. The lowest BCUT2D eigenvalue weighted by Crippen LogP contribution is -2.34. The molecule has 1 heterocycles. The Balaban J connectivity index is 2.76. The van der Waals surface area contributed by atoms with E-state index in [1.807, 2.05) is 13.0 Å². The second-order valence-corrected chi connectivity index (χ2v) is 6.27. The van der Waals surface area contributed by atoms with Crippen LogP contribution in [0.1, 0.15) is 26.6 Å². The Hall–Kier alpha value is -1.40. The molecule has 0 aliphatic heterocycles. The van der Waals surface area contributed by atoms with Gasteiger partial charge in [-0.1, -0.05) is 13.8 Å². The van der Waals surface area contributed by atoms with E-state index in [1.54, 1.807) is 7.11 Å². The minimum atomic E-state index is 0.161. The van der Waals surface area contributed by atoms with Gasteiger partial charge in [0.2, 0.25) is 0 Å². The monoisotopic (exact) mass is 295 g/mol. The summed E-state index contributed by atoms with van der Waals surface area (Å²) in [5.74, 6) is 2.34. The van der Waals surface area contributed by atoms with Crippen molar-refractivity contribution in [1.29, 1.82) is 0 Å². The number of nitrogens with one attached hydrogen (secondary N) is 2. The Morgan fingerprint density at radius 2 is 1.81 bits per heavy atom. The van der Waals surface area contributed by atoms with Gasteiger partial charge in [0.25, 0.3) is 0 Å². The van der Waals surface area contributed by atoms with Crippen molar-refractivity contribution in [2.45, 2.75) is 27.4 Å². The van der Waals surface area contributed by atoms with Crippen LogP contribution in [0, 0.1) is 5.41 Å². The standard InChI is InChI=1S/C15H29N5O/c1-7-16-12-8-13(19-14(18-12)9-21-6)17-10-15(2,3)11-20(4)5/h8H,7,9-11H2,1-6H3,(H2,16,17,18,19). The molecule has 0 saturated carbocycles. The average molecular weight is 295 g/mol. The molecule has 0 aliphatic rings. The molecule has 0 radical (unpaired) electrons. The number of nitrogens with zero attached hydrogens (tertiary/aromatic N) is 3. The van der Waals surface area contributed by atoms with Gasteiger partial charge in [-0.25, -0.2) is 9.97 Å². The summed E-state index contributed by atoms with van der Waals surface area (Å²) >= 11 is 0. The van der Waals surface area contributed by atoms with Crippen LogP contribution < -0.4 is 10.6 Å². The molecule has 0 aliphatic carbocycles. The van der Waals surface area contributed by atoms with Gasteiger partial charge >= 0.3 is 0 Å². The van der Waals surface area contributed by atoms with E-state index >= 15 is 0 Å². The lowest BCUT2D eigenvalue weighted by atomic mass is 9.93. The van der Waals surface area contributed by atoms with E-state index in [-0.39, 0.29) is 5.41 Å². The molecule has 120 valence electrons. The number of aromatic nitrogens is 2. The van der Waals surface area contributed by atoms with E-state index in [0.29, 0.717) is 12.4 Å². The van der Waals surface area contributed by atoms with Crippen molar-refractivity contribution in [3.63, 3.8) is 0 Å². The highest BCUT2D eigenvalue weighted by Crippen LogP contribution is 2.18. The summed E-state index contributed by atoms with van der Waals surface area (Å²) in [4.78, 5) is 11.1. The zero-order valence-corrected chi connectivity index (χ0v) is 14.2. The average Bonchev–Trinajstić information content (AvgIpc) is 2.36. The second-order valence-electron chi connectivity index (χ2n) is 6.27. The summed E-state index contributed by atoms with van der Waals surface area (Å²) in [6.07, 6.45) is 0. The van der Waals surface area contributed by atoms with E-state index in [9.17, 15) is 0 Å². The van der Waals surface area contributed by atoms with Crippen LogP contribution in [-0.2, 0) is 11.3 Å². The van der Waals surface area contributed by atoms with E-state index in [0.717, 1.165) is 31.3 Å². The topological polar surface area (TPSA) is 62.3 Å². The van der Waals surface area contributed by atoms with Gasteiger partial charge in [-0.2, -0.15) is 0 Å². The van der Waals surface area contributed by atoms with Crippen LogP contribution in [0.2, 0.25) is 0 Å². The Bertz CT molecular complexity index is 410. The quantitative estimate of drug-likeness (QED) is 0.727. The number of hydrogen-bond acceptors (Lipinski definition) is 6. The Labute approximate surface area is 128 Å². The first kappa shape index (κ1) is 17.7. The van der Waals surface area contributed by atoms with Crippen molar-refractivity contribution in [3.05, 3.63) is 11.9 Å². The maximum Gasteiger partial charge on any atom is 0.158 e. The van der Waals surface area contributed by atoms with E-state index in [1.165, 1.54) is 0 Å². The van der Waals surface area contributed by atoms with Crippen LogP contribution in [0.4, 0.5) is 11.6 Å². The molecular formula is C15H29N5O. The Morgan fingerprint density at radius 3 is 2.33 bits per heavy atom. The summed E-state index contributed by atoms with van der Waals surface area (Å²) in [7, 11) is 5.83. The minimum absolute atomic E-state index is 0.161. The van der Waals surface area contributed by atoms with E-state index < -0.39 is 0 Å². The van der Waals surface area contributed by atoms with E-state index in [4.69, 9.17) is 4.74 Å². The molecule has 0 bridgehead atoms. The van der Waals surface area contributed by atoms with Crippen molar-refractivity contribution >= 4 is 11.6 Å². The third-order valence-electron chi connectivity index (χ3n) is 2.90. The SMILES string of the molecule is CCNc1cc(NCC(C)(C)CN(C)C)nc(COC)n1. The second kappa shape index (κ2) is 8.14. The van der Waals surface area contributed by atoms with Crippen LogP contribution in [0.15, 0.2) is 6.07 Å². The van der Waals surface area contributed by atoms with Crippen molar-refractivity contribution in [2.24, 2.45) is 5.41 Å². The van der Waals surface area contributed by atoms with Gasteiger partial charge in [-0.15, -0.1) is 0 Å². The summed E-state index contributed by atoms with van der Waals surface area (Å²) in [6.45, 7) is 9.62. The zero-order valence-electron chi connectivity index (χ0n) is 14.2. The van der Waals surface area contributed by atoms with Gasteiger partial charge in [0.1, 0.15) is 18.2 Å². The molecule has 0 aromatic carbocycles. The molecule has 0 spiro atoms. The minimum Gasteiger partial charge on any atom is -0.377 e. The largest absolute Gasteiger partial charge is 0.377 e. The lowest BCUT2D eigenvalue weighted by molar-refractivity contribution is 0.178. The number of methoxy groups -OCH3 is 1. The van der Waals surface area contributed by atoms with Gasteiger partial charge in [-0.05, 0) is 26.4 Å². The first-order valence-electron chi connectivity index (χ1n) is 7.35. The van der Waals surface area contributed by atoms with Gasteiger partial charge in [0.05, 0.1) is 0 Å².